The van der Waals surface area contributed by atoms with E-state index in [1.165, 1.54) is 17.5 Å². The summed E-state index contributed by atoms with van der Waals surface area (Å²) in [5, 5.41) is 4.19. The number of anilines is 1. The van der Waals surface area contributed by atoms with Crippen LogP contribution in [0.1, 0.15) is 0 Å². The van der Waals surface area contributed by atoms with Crippen LogP contribution in [0.3, 0.4) is 0 Å². The fraction of sp³-hybridized carbons (Fsp3) is 0.250. The molecule has 1 heterocycles. The van der Waals surface area contributed by atoms with Crippen molar-refractivity contribution in [2.45, 2.75) is 0 Å². The number of nitrogens with zero attached hydrogens (tertiary/aromatic N) is 1. The van der Waals surface area contributed by atoms with Crippen LogP contribution >= 0.6 is 20.7 Å². The third kappa shape index (κ3) is 3.96. The molecule has 0 unspecified atom stereocenters. The van der Waals surface area contributed by atoms with Gasteiger partial charge in [-0.05, 0) is 29.8 Å². The quantitative estimate of drug-likeness (QED) is 0.340. The highest BCUT2D eigenvalue weighted by atomic mass is 32.9. The van der Waals surface area contributed by atoms with E-state index in [1.54, 1.807) is 38.8 Å². The minimum absolute atomic E-state index is 0.538. The minimum atomic E-state index is 0.538. The summed E-state index contributed by atoms with van der Waals surface area (Å²) in [5.41, 5.74) is 9.40. The molecule has 0 saturated carbocycles. The SMILES string of the molecule is CO/N=c1/ssc(-c2cc(OC)c(OC)c(OC)c2)c1-c1ccc(OC)c(N)c1. The van der Waals surface area contributed by atoms with Gasteiger partial charge in [0.05, 0.1) is 39.0 Å². The highest BCUT2D eigenvalue weighted by Gasteiger charge is 2.20. The van der Waals surface area contributed by atoms with Crippen LogP contribution in [0.25, 0.3) is 21.6 Å². The first-order valence-electron chi connectivity index (χ1n) is 8.52. The number of nitrogen functional groups attached to an aromatic ring is 1. The topological polar surface area (TPSA) is 84.5 Å². The molecular weight excluding hydrogens is 412 g/mol. The van der Waals surface area contributed by atoms with E-state index in [2.05, 4.69) is 5.16 Å². The third-order valence-corrected chi connectivity index (χ3v) is 6.61. The summed E-state index contributed by atoms with van der Waals surface area (Å²) in [4.78, 5) is 6.04. The van der Waals surface area contributed by atoms with Gasteiger partial charge in [0.2, 0.25) is 5.75 Å². The van der Waals surface area contributed by atoms with Crippen molar-refractivity contribution >= 4 is 26.4 Å². The molecule has 0 amide bonds. The first-order valence-corrected chi connectivity index (χ1v) is 10.7. The lowest BCUT2D eigenvalue weighted by Crippen LogP contribution is -2.01. The van der Waals surface area contributed by atoms with Crippen molar-refractivity contribution in [1.82, 2.24) is 0 Å². The Labute approximate surface area is 176 Å². The van der Waals surface area contributed by atoms with Crippen molar-refractivity contribution in [3.8, 4) is 44.6 Å². The lowest BCUT2D eigenvalue weighted by Gasteiger charge is -2.14. The van der Waals surface area contributed by atoms with Crippen LogP contribution in [0.2, 0.25) is 0 Å². The molecule has 1 aromatic heterocycles. The Balaban J connectivity index is 2.27. The lowest BCUT2D eigenvalue weighted by molar-refractivity contribution is 0.202. The first kappa shape index (κ1) is 20.8. The number of nitrogens with two attached hydrogens (primary N) is 1. The van der Waals surface area contributed by atoms with Crippen molar-refractivity contribution in [2.75, 3.05) is 41.3 Å². The van der Waals surface area contributed by atoms with Gasteiger partial charge in [0.1, 0.15) is 12.9 Å². The Kier molecular flexibility index (Phi) is 6.50. The average Bonchev–Trinajstić information content (AvgIpc) is 3.16. The smallest absolute Gasteiger partial charge is 0.203 e. The molecule has 0 bridgehead atoms. The summed E-state index contributed by atoms with van der Waals surface area (Å²) in [5.74, 6) is 2.31. The molecule has 0 aliphatic carbocycles. The second-order valence-electron chi connectivity index (χ2n) is 5.82. The Hall–Kier alpha value is -2.91. The maximum Gasteiger partial charge on any atom is 0.203 e. The molecule has 2 aromatic carbocycles. The standard InChI is InChI=1S/C20H22N2O5S2/c1-23-14-7-6-11(8-13(14)21)17-19(28-29-20(17)22-27-5)12-9-15(24-2)18(26-4)16(10-12)25-3/h6-10H,21H2,1-5H3/b22-20+. The zero-order valence-electron chi connectivity index (χ0n) is 16.8. The maximum absolute atomic E-state index is 6.14. The molecule has 0 radical (unpaired) electrons. The van der Waals surface area contributed by atoms with Gasteiger partial charge in [0.25, 0.3) is 0 Å². The van der Waals surface area contributed by atoms with Crippen LogP contribution < -0.4 is 29.4 Å². The molecule has 3 aromatic rings. The van der Waals surface area contributed by atoms with Crippen molar-refractivity contribution in [1.29, 1.82) is 0 Å². The van der Waals surface area contributed by atoms with Gasteiger partial charge in [0.15, 0.2) is 16.2 Å². The molecule has 29 heavy (non-hydrogen) atoms. The summed E-state index contributed by atoms with van der Waals surface area (Å²) in [6.45, 7) is 0. The molecule has 0 spiro atoms. The predicted molar refractivity (Wildman–Crippen MR) is 116 cm³/mol. The Bertz CT molecular complexity index is 1050. The Morgan fingerprint density at radius 2 is 1.41 bits per heavy atom. The summed E-state index contributed by atoms with van der Waals surface area (Å²) in [6.07, 6.45) is 0. The van der Waals surface area contributed by atoms with E-state index in [-0.39, 0.29) is 0 Å². The molecule has 3 rings (SSSR count). The molecule has 154 valence electrons. The molecule has 7 nitrogen and oxygen atoms in total. The van der Waals surface area contributed by atoms with Crippen LogP contribution in [-0.2, 0) is 4.84 Å². The number of rotatable bonds is 7. The lowest BCUT2D eigenvalue weighted by atomic mass is 10.0. The summed E-state index contributed by atoms with van der Waals surface area (Å²) < 4.78 is 22.5. The monoisotopic (exact) mass is 434 g/mol. The van der Waals surface area contributed by atoms with Gasteiger partial charge < -0.3 is 29.5 Å². The molecule has 9 heteroatoms. The predicted octanol–water partition coefficient (Wildman–Crippen LogP) is 4.22. The number of hydrogen-bond acceptors (Lipinski definition) is 9. The van der Waals surface area contributed by atoms with Gasteiger partial charge in [-0.2, -0.15) is 0 Å². The summed E-state index contributed by atoms with van der Waals surface area (Å²) >= 11 is 0. The van der Waals surface area contributed by atoms with Crippen LogP contribution in [0, 0.1) is 0 Å². The summed E-state index contributed by atoms with van der Waals surface area (Å²) in [6, 6.07) is 9.46. The largest absolute Gasteiger partial charge is 0.495 e. The number of hydrogen-bond donors (Lipinski definition) is 1. The van der Waals surface area contributed by atoms with Crippen molar-refractivity contribution < 1.29 is 23.8 Å². The fourth-order valence-corrected chi connectivity index (χ4v) is 5.47. The van der Waals surface area contributed by atoms with E-state index >= 15 is 0 Å². The summed E-state index contributed by atoms with van der Waals surface area (Å²) in [7, 11) is 11.0. The number of benzene rings is 2. The molecule has 2 N–H and O–H groups in total. The zero-order chi connectivity index (χ0) is 21.0. The van der Waals surface area contributed by atoms with Crippen molar-refractivity contribution in [2.24, 2.45) is 5.16 Å². The molecule has 0 fully saturated rings. The van der Waals surface area contributed by atoms with E-state index in [1.807, 2.05) is 30.3 Å². The van der Waals surface area contributed by atoms with E-state index < -0.39 is 0 Å². The maximum atomic E-state index is 6.14. The van der Waals surface area contributed by atoms with Crippen LogP contribution in [-0.4, -0.2) is 35.5 Å². The van der Waals surface area contributed by atoms with Crippen molar-refractivity contribution in [3.05, 3.63) is 35.0 Å². The highest BCUT2D eigenvalue weighted by molar-refractivity contribution is 7.70. The Morgan fingerprint density at radius 1 is 0.759 bits per heavy atom. The molecule has 0 aliphatic heterocycles. The molecule has 0 aliphatic rings. The minimum Gasteiger partial charge on any atom is -0.495 e. The van der Waals surface area contributed by atoms with Gasteiger partial charge in [-0.25, -0.2) is 0 Å². The second kappa shape index (κ2) is 9.06. The Morgan fingerprint density at radius 3 is 1.93 bits per heavy atom. The van der Waals surface area contributed by atoms with E-state index in [0.29, 0.717) is 28.7 Å². The van der Waals surface area contributed by atoms with Crippen molar-refractivity contribution in [3.63, 3.8) is 0 Å². The van der Waals surface area contributed by atoms with Gasteiger partial charge in [-0.1, -0.05) is 31.9 Å². The number of ether oxygens (including phenoxy) is 4. The zero-order valence-corrected chi connectivity index (χ0v) is 18.4. The van der Waals surface area contributed by atoms with Gasteiger partial charge in [0, 0.05) is 11.1 Å². The van der Waals surface area contributed by atoms with Gasteiger partial charge in [-0.3, -0.25) is 0 Å². The third-order valence-electron chi connectivity index (χ3n) is 4.26. The van der Waals surface area contributed by atoms with E-state index in [0.717, 1.165) is 26.2 Å². The van der Waals surface area contributed by atoms with E-state index in [9.17, 15) is 0 Å². The molecule has 0 saturated heterocycles. The first-order chi connectivity index (χ1) is 14.1. The highest BCUT2D eigenvalue weighted by Crippen LogP contribution is 2.45. The molecule has 0 atom stereocenters. The van der Waals surface area contributed by atoms with Crippen LogP contribution in [0.15, 0.2) is 35.5 Å². The van der Waals surface area contributed by atoms with E-state index in [4.69, 9.17) is 29.5 Å². The van der Waals surface area contributed by atoms with Crippen LogP contribution in [0.4, 0.5) is 5.69 Å². The van der Waals surface area contributed by atoms with Crippen LogP contribution in [0.5, 0.6) is 23.0 Å². The average molecular weight is 435 g/mol. The second-order valence-corrected chi connectivity index (χ2v) is 7.95. The fourth-order valence-electron chi connectivity index (χ4n) is 2.95. The van der Waals surface area contributed by atoms with Gasteiger partial charge in [-0.15, -0.1) is 0 Å². The molecular formula is C20H22N2O5S2. The number of methoxy groups -OCH3 is 4. The normalized spacial score (nSPS) is 11.3. The van der Waals surface area contributed by atoms with Gasteiger partial charge >= 0.3 is 0 Å².